The Morgan fingerprint density at radius 2 is 2.19 bits per heavy atom. The number of aromatic nitrogens is 3. The third-order valence-corrected chi connectivity index (χ3v) is 3.29. The van der Waals surface area contributed by atoms with E-state index in [1.165, 1.54) is 13.2 Å². The fourth-order valence-corrected chi connectivity index (χ4v) is 2.36. The van der Waals surface area contributed by atoms with Crippen molar-refractivity contribution >= 4 is 11.6 Å². The van der Waals surface area contributed by atoms with Crippen molar-refractivity contribution in [2.24, 2.45) is 0 Å². The molecule has 21 heavy (non-hydrogen) atoms. The van der Waals surface area contributed by atoms with E-state index >= 15 is 0 Å². The summed E-state index contributed by atoms with van der Waals surface area (Å²) >= 11 is 0. The molecule has 1 N–H and O–H groups in total. The van der Waals surface area contributed by atoms with Crippen molar-refractivity contribution in [1.82, 2.24) is 14.6 Å². The molecule has 0 bridgehead atoms. The molecule has 3 aromatic rings. The zero-order valence-electron chi connectivity index (χ0n) is 11.6. The summed E-state index contributed by atoms with van der Waals surface area (Å²) in [5.74, 6) is -0.706. The number of nitrogens with zero attached hydrogens (tertiary/aromatic N) is 3. The van der Waals surface area contributed by atoms with E-state index in [1.54, 1.807) is 28.9 Å². The van der Waals surface area contributed by atoms with E-state index in [4.69, 9.17) is 9.84 Å². The molecule has 0 aliphatic heterocycles. The van der Waals surface area contributed by atoms with Crippen molar-refractivity contribution in [2.75, 3.05) is 7.11 Å². The number of carbonyl (C=O) groups is 1. The smallest absolute Gasteiger partial charge is 0.339 e. The van der Waals surface area contributed by atoms with Gasteiger partial charge in [0.1, 0.15) is 11.3 Å². The van der Waals surface area contributed by atoms with E-state index in [1.807, 2.05) is 13.1 Å². The third kappa shape index (κ3) is 2.10. The lowest BCUT2D eigenvalue weighted by atomic mass is 10.0. The summed E-state index contributed by atoms with van der Waals surface area (Å²) in [5.41, 5.74) is 3.36. The van der Waals surface area contributed by atoms with Crippen molar-refractivity contribution in [3.63, 3.8) is 0 Å². The van der Waals surface area contributed by atoms with Gasteiger partial charge in [0.15, 0.2) is 5.65 Å². The molecular formula is C15H13N3O3. The molecule has 0 unspecified atom stereocenters. The number of rotatable bonds is 3. The second-order valence-electron chi connectivity index (χ2n) is 4.57. The summed E-state index contributed by atoms with van der Waals surface area (Å²) in [6.45, 7) is 1.89. The molecule has 0 aliphatic rings. The van der Waals surface area contributed by atoms with Crippen LogP contribution in [0.3, 0.4) is 0 Å². The van der Waals surface area contributed by atoms with Gasteiger partial charge < -0.3 is 9.84 Å². The van der Waals surface area contributed by atoms with Crippen LogP contribution in [0.1, 0.15) is 16.1 Å². The minimum atomic E-state index is -1.02. The number of ether oxygens (including phenoxy) is 1. The van der Waals surface area contributed by atoms with Gasteiger partial charge in [-0.05, 0) is 30.7 Å². The number of aryl methyl sites for hydroxylation is 1. The first-order chi connectivity index (χ1) is 10.1. The maximum atomic E-state index is 11.1. The molecular weight excluding hydrogens is 270 g/mol. The summed E-state index contributed by atoms with van der Waals surface area (Å²) in [4.78, 5) is 15.5. The van der Waals surface area contributed by atoms with Gasteiger partial charge in [-0.1, -0.05) is 6.07 Å². The van der Waals surface area contributed by atoms with Crippen LogP contribution in [0, 0.1) is 6.92 Å². The predicted molar refractivity (Wildman–Crippen MR) is 76.7 cm³/mol. The Morgan fingerprint density at radius 3 is 2.90 bits per heavy atom. The van der Waals surface area contributed by atoms with Crippen LogP contribution in [-0.2, 0) is 0 Å². The summed E-state index contributed by atoms with van der Waals surface area (Å²) < 4.78 is 6.87. The van der Waals surface area contributed by atoms with Crippen LogP contribution >= 0.6 is 0 Å². The molecule has 6 nitrogen and oxygen atoms in total. The minimum absolute atomic E-state index is 0.128. The fraction of sp³-hybridized carbons (Fsp3) is 0.133. The summed E-state index contributed by atoms with van der Waals surface area (Å²) in [6.07, 6.45) is 3.52. The molecule has 106 valence electrons. The molecule has 2 aromatic heterocycles. The second kappa shape index (κ2) is 4.90. The second-order valence-corrected chi connectivity index (χ2v) is 4.57. The molecule has 0 saturated heterocycles. The molecule has 0 amide bonds. The van der Waals surface area contributed by atoms with Gasteiger partial charge in [-0.3, -0.25) is 0 Å². The largest absolute Gasteiger partial charge is 0.496 e. The Hall–Kier alpha value is -2.89. The van der Waals surface area contributed by atoms with E-state index in [0.717, 1.165) is 22.5 Å². The Bertz CT molecular complexity index is 839. The van der Waals surface area contributed by atoms with Gasteiger partial charge >= 0.3 is 5.97 Å². The van der Waals surface area contributed by atoms with Gasteiger partial charge in [-0.15, -0.1) is 0 Å². The Labute approximate surface area is 120 Å². The van der Waals surface area contributed by atoms with Crippen LogP contribution in [0.5, 0.6) is 5.75 Å². The molecule has 0 spiro atoms. The SMILES string of the molecule is COc1cc(-c2c(C)nn3cccnc23)ccc1C(=O)O. The molecule has 2 heterocycles. The van der Waals surface area contributed by atoms with Gasteiger partial charge in [0.05, 0.1) is 12.8 Å². The van der Waals surface area contributed by atoms with E-state index in [9.17, 15) is 4.79 Å². The average Bonchev–Trinajstić information content (AvgIpc) is 2.82. The highest BCUT2D eigenvalue weighted by atomic mass is 16.5. The van der Waals surface area contributed by atoms with Crippen molar-refractivity contribution in [3.8, 4) is 16.9 Å². The first-order valence-corrected chi connectivity index (χ1v) is 6.33. The van der Waals surface area contributed by atoms with E-state index in [0.29, 0.717) is 5.75 Å². The average molecular weight is 283 g/mol. The van der Waals surface area contributed by atoms with Crippen molar-refractivity contribution < 1.29 is 14.6 Å². The van der Waals surface area contributed by atoms with E-state index in [-0.39, 0.29) is 5.56 Å². The predicted octanol–water partition coefficient (Wildman–Crippen LogP) is 2.41. The standard InChI is InChI=1S/C15H13N3O3/c1-9-13(14-16-6-3-7-18(14)17-9)10-4-5-11(15(19)20)12(8-10)21-2/h3-8H,1-2H3,(H,19,20). The van der Waals surface area contributed by atoms with Gasteiger partial charge in [0.2, 0.25) is 0 Å². The Balaban J connectivity index is 2.24. The first kappa shape index (κ1) is 13.1. The number of carboxylic acids is 1. The number of methoxy groups -OCH3 is 1. The van der Waals surface area contributed by atoms with Crippen LogP contribution < -0.4 is 4.74 Å². The lowest BCUT2D eigenvalue weighted by Crippen LogP contribution is -2.00. The van der Waals surface area contributed by atoms with E-state index in [2.05, 4.69) is 10.1 Å². The molecule has 6 heteroatoms. The number of hydrogen-bond acceptors (Lipinski definition) is 4. The summed E-state index contributed by atoms with van der Waals surface area (Å²) in [5, 5.41) is 13.5. The monoisotopic (exact) mass is 283 g/mol. The van der Waals surface area contributed by atoms with Gasteiger partial charge in [-0.2, -0.15) is 5.10 Å². The van der Waals surface area contributed by atoms with Crippen LogP contribution in [0.25, 0.3) is 16.8 Å². The van der Waals surface area contributed by atoms with Crippen molar-refractivity contribution in [1.29, 1.82) is 0 Å². The fourth-order valence-electron chi connectivity index (χ4n) is 2.36. The number of aromatic carboxylic acids is 1. The van der Waals surface area contributed by atoms with Crippen molar-refractivity contribution in [2.45, 2.75) is 6.92 Å². The summed E-state index contributed by atoms with van der Waals surface area (Å²) in [7, 11) is 1.45. The highest BCUT2D eigenvalue weighted by Crippen LogP contribution is 2.31. The van der Waals surface area contributed by atoms with Crippen LogP contribution in [0.2, 0.25) is 0 Å². The normalized spacial score (nSPS) is 10.8. The molecule has 0 radical (unpaired) electrons. The number of carboxylic acid groups (broad SMARTS) is 1. The van der Waals surface area contributed by atoms with Crippen LogP contribution in [-0.4, -0.2) is 32.8 Å². The third-order valence-electron chi connectivity index (χ3n) is 3.29. The van der Waals surface area contributed by atoms with Gasteiger partial charge in [-0.25, -0.2) is 14.3 Å². The Morgan fingerprint density at radius 1 is 1.38 bits per heavy atom. The molecule has 0 fully saturated rings. The van der Waals surface area contributed by atoms with Gasteiger partial charge in [0.25, 0.3) is 0 Å². The molecule has 0 atom stereocenters. The lowest BCUT2D eigenvalue weighted by Gasteiger charge is -2.07. The number of benzene rings is 1. The number of hydrogen-bond donors (Lipinski definition) is 1. The quantitative estimate of drug-likeness (QED) is 0.798. The van der Waals surface area contributed by atoms with Gasteiger partial charge in [0, 0.05) is 18.0 Å². The van der Waals surface area contributed by atoms with Crippen LogP contribution in [0.15, 0.2) is 36.7 Å². The molecule has 1 aromatic carbocycles. The number of fused-ring (bicyclic) bond motifs is 1. The first-order valence-electron chi connectivity index (χ1n) is 6.33. The topological polar surface area (TPSA) is 76.7 Å². The minimum Gasteiger partial charge on any atom is -0.496 e. The summed E-state index contributed by atoms with van der Waals surface area (Å²) in [6, 6.07) is 6.77. The maximum Gasteiger partial charge on any atom is 0.339 e. The van der Waals surface area contributed by atoms with Crippen molar-refractivity contribution in [3.05, 3.63) is 47.9 Å². The zero-order valence-corrected chi connectivity index (χ0v) is 11.6. The van der Waals surface area contributed by atoms with Crippen LogP contribution in [0.4, 0.5) is 0 Å². The van der Waals surface area contributed by atoms with E-state index < -0.39 is 5.97 Å². The maximum absolute atomic E-state index is 11.1. The Kier molecular flexibility index (Phi) is 3.06. The molecule has 0 aliphatic carbocycles. The highest BCUT2D eigenvalue weighted by Gasteiger charge is 2.16. The lowest BCUT2D eigenvalue weighted by molar-refractivity contribution is 0.0693. The highest BCUT2D eigenvalue weighted by molar-refractivity contribution is 5.92. The molecule has 3 rings (SSSR count). The zero-order chi connectivity index (χ0) is 15.0. The molecule has 0 saturated carbocycles.